The second kappa shape index (κ2) is 7.63. The zero-order chi connectivity index (χ0) is 16.8. The molecule has 3 heteroatoms. The molecule has 1 aliphatic rings. The second-order valence-corrected chi connectivity index (χ2v) is 5.65. The molecular formula is C21H19NO2. The maximum absolute atomic E-state index is 12.3. The highest BCUT2D eigenvalue weighted by Crippen LogP contribution is 2.25. The van der Waals surface area contributed by atoms with Crippen LogP contribution >= 0.6 is 0 Å². The minimum atomic E-state index is -0.474. The van der Waals surface area contributed by atoms with E-state index < -0.39 is 6.10 Å². The summed E-state index contributed by atoms with van der Waals surface area (Å²) in [4.78, 5) is 13.9. The van der Waals surface area contributed by atoms with E-state index >= 15 is 0 Å². The molecule has 0 unspecified atom stereocenters. The molecule has 1 saturated heterocycles. The zero-order valence-corrected chi connectivity index (χ0v) is 13.3. The van der Waals surface area contributed by atoms with Gasteiger partial charge >= 0.3 is 0 Å². The van der Waals surface area contributed by atoms with Crippen LogP contribution in [0.1, 0.15) is 11.1 Å². The van der Waals surface area contributed by atoms with Gasteiger partial charge in [0.15, 0.2) is 6.10 Å². The summed E-state index contributed by atoms with van der Waals surface area (Å²) in [5.41, 5.74) is 2.13. The molecule has 1 amide bonds. The van der Waals surface area contributed by atoms with E-state index in [2.05, 4.69) is 5.92 Å². The number of terminal acetylenes is 1. The van der Waals surface area contributed by atoms with E-state index in [0.717, 1.165) is 11.1 Å². The molecule has 3 rings (SSSR count). The Balaban J connectivity index is 1.68. The molecule has 1 fully saturated rings. The Morgan fingerprint density at radius 3 is 2.42 bits per heavy atom. The highest BCUT2D eigenvalue weighted by atomic mass is 16.5. The first-order valence-electron chi connectivity index (χ1n) is 7.92. The van der Waals surface area contributed by atoms with Gasteiger partial charge in [0.05, 0.1) is 19.2 Å². The first-order chi connectivity index (χ1) is 11.8. The van der Waals surface area contributed by atoms with E-state index in [9.17, 15) is 4.79 Å². The smallest absolute Gasteiger partial charge is 0.255 e. The third kappa shape index (κ3) is 3.56. The molecule has 120 valence electrons. The number of ether oxygens (including phenoxy) is 1. The van der Waals surface area contributed by atoms with Gasteiger partial charge in [0.2, 0.25) is 0 Å². The van der Waals surface area contributed by atoms with E-state index in [1.807, 2.05) is 72.8 Å². The number of carbonyl (C=O) groups excluding carboxylic acids is 1. The number of benzene rings is 2. The quantitative estimate of drug-likeness (QED) is 0.605. The molecular weight excluding hydrogens is 298 g/mol. The summed E-state index contributed by atoms with van der Waals surface area (Å²) in [6.45, 7) is 0.713. The number of β-lactam (4-membered cyclic amide) rings is 1. The molecule has 24 heavy (non-hydrogen) atoms. The lowest BCUT2D eigenvalue weighted by Gasteiger charge is -2.44. The van der Waals surface area contributed by atoms with Gasteiger partial charge in [0, 0.05) is 0 Å². The number of hydrogen-bond acceptors (Lipinski definition) is 2. The lowest BCUT2D eigenvalue weighted by atomic mass is 9.96. The van der Waals surface area contributed by atoms with Crippen LogP contribution in [-0.2, 0) is 16.1 Å². The Labute approximate surface area is 142 Å². The highest BCUT2D eigenvalue weighted by molar-refractivity contribution is 5.89. The fraction of sp³-hybridized carbons (Fsp3) is 0.190. The predicted molar refractivity (Wildman–Crippen MR) is 94.8 cm³/mol. The molecule has 2 aromatic rings. The minimum Gasteiger partial charge on any atom is -0.361 e. The van der Waals surface area contributed by atoms with Crippen molar-refractivity contribution in [2.45, 2.75) is 18.8 Å². The molecule has 2 aromatic carbocycles. The fourth-order valence-corrected chi connectivity index (χ4v) is 2.73. The second-order valence-electron chi connectivity index (χ2n) is 5.65. The van der Waals surface area contributed by atoms with Gasteiger partial charge in [-0.05, 0) is 11.1 Å². The minimum absolute atomic E-state index is 0.0495. The molecule has 1 aliphatic heterocycles. The van der Waals surface area contributed by atoms with Crippen molar-refractivity contribution in [2.75, 3.05) is 6.54 Å². The summed E-state index contributed by atoms with van der Waals surface area (Å²) in [6.07, 6.45) is 8.89. The van der Waals surface area contributed by atoms with Gasteiger partial charge in [0.25, 0.3) is 5.91 Å². The maximum Gasteiger partial charge on any atom is 0.255 e. The Bertz CT molecular complexity index is 746. The third-order valence-electron chi connectivity index (χ3n) is 4.02. The van der Waals surface area contributed by atoms with Crippen molar-refractivity contribution in [2.24, 2.45) is 0 Å². The molecule has 0 N–H and O–H groups in total. The molecule has 3 nitrogen and oxygen atoms in total. The van der Waals surface area contributed by atoms with Gasteiger partial charge in [-0.2, -0.15) is 0 Å². The number of likely N-dealkylation sites (tertiary alicyclic amines) is 1. The van der Waals surface area contributed by atoms with Gasteiger partial charge in [-0.25, -0.2) is 0 Å². The lowest BCUT2D eigenvalue weighted by molar-refractivity contribution is -0.169. The molecule has 0 aromatic heterocycles. The largest absolute Gasteiger partial charge is 0.361 e. The standard InChI is InChI=1S/C21H19NO2/c1-2-15-22-19(14-13-17-9-5-3-6-10-17)20(21(22)23)24-16-18-11-7-4-8-12-18/h1,3-14,19-20H,15-16H2/b14-13+/t19-,20+/m0/s1. The third-order valence-corrected chi connectivity index (χ3v) is 4.02. The van der Waals surface area contributed by atoms with E-state index in [1.165, 1.54) is 0 Å². The van der Waals surface area contributed by atoms with Gasteiger partial charge in [0.1, 0.15) is 0 Å². The molecule has 2 atom stereocenters. The van der Waals surface area contributed by atoms with Crippen LogP contribution in [0.4, 0.5) is 0 Å². The highest BCUT2D eigenvalue weighted by Gasteiger charge is 2.46. The summed E-state index contributed by atoms with van der Waals surface area (Å²) < 4.78 is 5.84. The van der Waals surface area contributed by atoms with Gasteiger partial charge in [-0.3, -0.25) is 4.79 Å². The number of hydrogen-bond donors (Lipinski definition) is 0. The van der Waals surface area contributed by atoms with Crippen molar-refractivity contribution in [3.63, 3.8) is 0 Å². The monoisotopic (exact) mass is 317 g/mol. The van der Waals surface area contributed by atoms with Crippen molar-refractivity contribution in [1.82, 2.24) is 4.90 Å². The first kappa shape index (κ1) is 16.0. The van der Waals surface area contributed by atoms with E-state index in [1.54, 1.807) is 4.90 Å². The molecule has 0 aliphatic carbocycles. The van der Waals surface area contributed by atoms with E-state index in [-0.39, 0.29) is 11.9 Å². The van der Waals surface area contributed by atoms with Crippen LogP contribution in [0.15, 0.2) is 66.7 Å². The van der Waals surface area contributed by atoms with Gasteiger partial charge < -0.3 is 9.64 Å². The normalized spacial score (nSPS) is 20.0. The topological polar surface area (TPSA) is 29.5 Å². The van der Waals surface area contributed by atoms with Crippen molar-refractivity contribution in [1.29, 1.82) is 0 Å². The zero-order valence-electron chi connectivity index (χ0n) is 13.3. The van der Waals surface area contributed by atoms with Crippen molar-refractivity contribution < 1.29 is 9.53 Å². The Morgan fingerprint density at radius 2 is 1.75 bits per heavy atom. The van der Waals surface area contributed by atoms with Crippen molar-refractivity contribution >= 4 is 12.0 Å². The van der Waals surface area contributed by atoms with Gasteiger partial charge in [-0.1, -0.05) is 78.7 Å². The fourth-order valence-electron chi connectivity index (χ4n) is 2.73. The summed E-state index contributed by atoms with van der Waals surface area (Å²) in [5, 5.41) is 0. The van der Waals surface area contributed by atoms with Crippen LogP contribution in [0.25, 0.3) is 6.08 Å². The van der Waals surface area contributed by atoms with E-state index in [4.69, 9.17) is 11.2 Å². The molecule has 0 saturated carbocycles. The summed E-state index contributed by atoms with van der Waals surface area (Å²) >= 11 is 0. The maximum atomic E-state index is 12.3. The van der Waals surface area contributed by atoms with Crippen LogP contribution in [0, 0.1) is 12.3 Å². The van der Waals surface area contributed by atoms with Crippen LogP contribution < -0.4 is 0 Å². The molecule has 0 radical (unpaired) electrons. The molecule has 0 bridgehead atoms. The van der Waals surface area contributed by atoms with Gasteiger partial charge in [-0.15, -0.1) is 6.42 Å². The average molecular weight is 317 g/mol. The first-order valence-corrected chi connectivity index (χ1v) is 7.92. The number of rotatable bonds is 6. The lowest BCUT2D eigenvalue weighted by Crippen LogP contribution is -2.64. The molecule has 0 spiro atoms. The van der Waals surface area contributed by atoms with Crippen molar-refractivity contribution in [3.05, 3.63) is 77.9 Å². The van der Waals surface area contributed by atoms with Crippen LogP contribution in [-0.4, -0.2) is 29.5 Å². The summed E-state index contributed by atoms with van der Waals surface area (Å²) in [5.74, 6) is 2.49. The Kier molecular flexibility index (Phi) is 5.10. The molecule has 1 heterocycles. The van der Waals surface area contributed by atoms with Crippen LogP contribution in [0.3, 0.4) is 0 Å². The summed E-state index contributed by atoms with van der Waals surface area (Å²) in [6, 6.07) is 19.7. The van der Waals surface area contributed by atoms with Crippen molar-refractivity contribution in [3.8, 4) is 12.3 Å². The summed E-state index contributed by atoms with van der Waals surface area (Å²) in [7, 11) is 0. The van der Waals surface area contributed by atoms with Crippen LogP contribution in [0.5, 0.6) is 0 Å². The Morgan fingerprint density at radius 1 is 1.08 bits per heavy atom. The van der Waals surface area contributed by atoms with E-state index in [0.29, 0.717) is 13.2 Å². The Hall–Kier alpha value is -2.83. The number of carbonyl (C=O) groups is 1. The SMILES string of the molecule is C#CCN1C(=O)[C@H](OCc2ccccc2)[C@@H]1/C=C/c1ccccc1. The average Bonchev–Trinajstić information content (AvgIpc) is 2.64. The number of amides is 1. The predicted octanol–water partition coefficient (Wildman–Crippen LogP) is 3.13. The number of nitrogens with zero attached hydrogens (tertiary/aromatic N) is 1. The van der Waals surface area contributed by atoms with Crippen LogP contribution in [0.2, 0.25) is 0 Å².